The third-order valence-corrected chi connectivity index (χ3v) is 3.74. The molecule has 0 saturated carbocycles. The molecule has 110 valence electrons. The molecule has 2 rings (SSSR count). The standard InChI is InChI=1S/C17H18BrNO2/c1-19(12-13-7-6-10-15(18)11-13)17(20)16(21-2)14-8-4-3-5-9-14/h3-11,16H,12H2,1-2H3. The Balaban J connectivity index is 2.10. The van der Waals surface area contributed by atoms with Gasteiger partial charge in [-0.05, 0) is 23.3 Å². The molecule has 0 fully saturated rings. The number of benzene rings is 2. The minimum Gasteiger partial charge on any atom is -0.367 e. The van der Waals surface area contributed by atoms with E-state index in [2.05, 4.69) is 15.9 Å². The number of amides is 1. The van der Waals surface area contributed by atoms with E-state index in [1.165, 1.54) is 0 Å². The minimum absolute atomic E-state index is 0.0522. The van der Waals surface area contributed by atoms with Gasteiger partial charge in [0.1, 0.15) is 0 Å². The summed E-state index contributed by atoms with van der Waals surface area (Å²) in [7, 11) is 3.35. The van der Waals surface area contributed by atoms with Crippen LogP contribution in [0.15, 0.2) is 59.1 Å². The first-order chi connectivity index (χ1) is 10.1. The molecule has 0 saturated heterocycles. The summed E-state index contributed by atoms with van der Waals surface area (Å²) < 4.78 is 6.39. The van der Waals surface area contributed by atoms with Gasteiger partial charge in [0.25, 0.3) is 5.91 Å². The van der Waals surface area contributed by atoms with Crippen LogP contribution in [0.2, 0.25) is 0 Å². The Bertz CT molecular complexity index is 601. The lowest BCUT2D eigenvalue weighted by molar-refractivity contribution is -0.141. The fourth-order valence-corrected chi connectivity index (χ4v) is 2.64. The highest BCUT2D eigenvalue weighted by atomic mass is 79.9. The normalized spacial score (nSPS) is 12.0. The Morgan fingerprint density at radius 2 is 1.90 bits per heavy atom. The Morgan fingerprint density at radius 3 is 2.52 bits per heavy atom. The van der Waals surface area contributed by atoms with Gasteiger partial charge in [-0.1, -0.05) is 58.4 Å². The van der Waals surface area contributed by atoms with Gasteiger partial charge in [-0.3, -0.25) is 4.79 Å². The fraction of sp³-hybridized carbons (Fsp3) is 0.235. The predicted molar refractivity (Wildman–Crippen MR) is 86.8 cm³/mol. The van der Waals surface area contributed by atoms with Gasteiger partial charge in [-0.2, -0.15) is 0 Å². The maximum Gasteiger partial charge on any atom is 0.256 e. The lowest BCUT2D eigenvalue weighted by Crippen LogP contribution is -2.32. The Morgan fingerprint density at radius 1 is 1.19 bits per heavy atom. The third kappa shape index (κ3) is 4.16. The summed E-state index contributed by atoms with van der Waals surface area (Å²) in [6.45, 7) is 0.547. The van der Waals surface area contributed by atoms with Gasteiger partial charge in [0.2, 0.25) is 0 Å². The first-order valence-electron chi connectivity index (χ1n) is 6.69. The molecule has 0 N–H and O–H groups in total. The highest BCUT2D eigenvalue weighted by molar-refractivity contribution is 9.10. The Labute approximate surface area is 133 Å². The van der Waals surface area contributed by atoms with Crippen LogP contribution < -0.4 is 0 Å². The van der Waals surface area contributed by atoms with Crippen LogP contribution in [0.1, 0.15) is 17.2 Å². The van der Waals surface area contributed by atoms with Crippen molar-refractivity contribution in [1.82, 2.24) is 4.90 Å². The van der Waals surface area contributed by atoms with Crippen LogP contribution in [0, 0.1) is 0 Å². The summed E-state index contributed by atoms with van der Waals surface area (Å²) in [5.41, 5.74) is 1.94. The van der Waals surface area contributed by atoms with Crippen LogP contribution in [0.3, 0.4) is 0 Å². The number of rotatable bonds is 5. The van der Waals surface area contributed by atoms with Gasteiger partial charge < -0.3 is 9.64 Å². The molecule has 0 aliphatic heterocycles. The van der Waals surface area contributed by atoms with Crippen LogP contribution in [0.5, 0.6) is 0 Å². The molecule has 3 nitrogen and oxygen atoms in total. The molecule has 4 heteroatoms. The molecule has 21 heavy (non-hydrogen) atoms. The number of halogens is 1. The molecule has 0 aliphatic rings. The van der Waals surface area contributed by atoms with E-state index in [-0.39, 0.29) is 5.91 Å². The average Bonchev–Trinajstić information content (AvgIpc) is 2.49. The van der Waals surface area contributed by atoms with E-state index in [9.17, 15) is 4.79 Å². The molecule has 0 radical (unpaired) electrons. The lowest BCUT2D eigenvalue weighted by atomic mass is 10.1. The van der Waals surface area contributed by atoms with Gasteiger partial charge in [-0.25, -0.2) is 0 Å². The van der Waals surface area contributed by atoms with Crippen molar-refractivity contribution in [2.45, 2.75) is 12.6 Å². The topological polar surface area (TPSA) is 29.5 Å². The number of ether oxygens (including phenoxy) is 1. The predicted octanol–water partition coefficient (Wildman–Crippen LogP) is 3.80. The second-order valence-corrected chi connectivity index (χ2v) is 5.77. The van der Waals surface area contributed by atoms with E-state index in [1.54, 1.807) is 19.1 Å². The van der Waals surface area contributed by atoms with Crippen molar-refractivity contribution in [3.8, 4) is 0 Å². The number of hydrogen-bond acceptors (Lipinski definition) is 2. The SMILES string of the molecule is COC(C(=O)N(C)Cc1cccc(Br)c1)c1ccccc1. The van der Waals surface area contributed by atoms with Gasteiger partial charge >= 0.3 is 0 Å². The van der Waals surface area contributed by atoms with Crippen molar-refractivity contribution in [2.75, 3.05) is 14.2 Å². The first-order valence-corrected chi connectivity index (χ1v) is 7.48. The summed E-state index contributed by atoms with van der Waals surface area (Å²) in [6, 6.07) is 17.5. The van der Waals surface area contributed by atoms with E-state index in [0.717, 1.165) is 15.6 Å². The molecular formula is C17H18BrNO2. The monoisotopic (exact) mass is 347 g/mol. The van der Waals surface area contributed by atoms with Crippen LogP contribution in [0.4, 0.5) is 0 Å². The number of nitrogens with zero attached hydrogens (tertiary/aromatic N) is 1. The molecular weight excluding hydrogens is 330 g/mol. The maximum atomic E-state index is 12.6. The molecule has 0 aromatic heterocycles. The van der Waals surface area contributed by atoms with E-state index in [4.69, 9.17) is 4.74 Å². The van der Waals surface area contributed by atoms with Gasteiger partial charge in [0.05, 0.1) is 0 Å². The number of carbonyl (C=O) groups excluding carboxylic acids is 1. The zero-order valence-corrected chi connectivity index (χ0v) is 13.7. The van der Waals surface area contributed by atoms with Crippen LogP contribution in [0.25, 0.3) is 0 Å². The zero-order valence-electron chi connectivity index (χ0n) is 12.1. The highest BCUT2D eigenvalue weighted by Gasteiger charge is 2.23. The molecule has 1 amide bonds. The molecule has 0 bridgehead atoms. The lowest BCUT2D eigenvalue weighted by Gasteiger charge is -2.23. The minimum atomic E-state index is -0.566. The van der Waals surface area contributed by atoms with Gasteiger partial charge in [-0.15, -0.1) is 0 Å². The van der Waals surface area contributed by atoms with Crippen LogP contribution in [-0.4, -0.2) is 25.0 Å². The largest absolute Gasteiger partial charge is 0.367 e. The second kappa shape index (κ2) is 7.38. The highest BCUT2D eigenvalue weighted by Crippen LogP contribution is 2.20. The van der Waals surface area contributed by atoms with Crippen molar-refractivity contribution in [2.24, 2.45) is 0 Å². The second-order valence-electron chi connectivity index (χ2n) is 4.85. The van der Waals surface area contributed by atoms with Gasteiger partial charge in [0, 0.05) is 25.2 Å². The average molecular weight is 348 g/mol. The van der Waals surface area contributed by atoms with Crippen molar-refractivity contribution >= 4 is 21.8 Å². The summed E-state index contributed by atoms with van der Waals surface area (Å²) in [5, 5.41) is 0. The summed E-state index contributed by atoms with van der Waals surface area (Å²) in [4.78, 5) is 14.2. The fourth-order valence-electron chi connectivity index (χ4n) is 2.19. The quantitative estimate of drug-likeness (QED) is 0.823. The molecule has 1 unspecified atom stereocenters. The van der Waals surface area contributed by atoms with Crippen molar-refractivity contribution in [3.63, 3.8) is 0 Å². The molecule has 2 aromatic carbocycles. The Kier molecular flexibility index (Phi) is 5.53. The summed E-state index contributed by atoms with van der Waals surface area (Å²) in [6.07, 6.45) is -0.566. The third-order valence-electron chi connectivity index (χ3n) is 3.25. The van der Waals surface area contributed by atoms with Gasteiger partial charge in [0.15, 0.2) is 6.10 Å². The molecule has 0 aliphatic carbocycles. The number of hydrogen-bond donors (Lipinski definition) is 0. The molecule has 0 heterocycles. The summed E-state index contributed by atoms with van der Waals surface area (Å²) >= 11 is 3.44. The molecule has 0 spiro atoms. The maximum absolute atomic E-state index is 12.6. The number of methoxy groups -OCH3 is 1. The van der Waals surface area contributed by atoms with Crippen LogP contribution >= 0.6 is 15.9 Å². The molecule has 2 aromatic rings. The van der Waals surface area contributed by atoms with Crippen molar-refractivity contribution in [1.29, 1.82) is 0 Å². The van der Waals surface area contributed by atoms with Crippen molar-refractivity contribution < 1.29 is 9.53 Å². The smallest absolute Gasteiger partial charge is 0.256 e. The van der Waals surface area contributed by atoms with E-state index in [1.807, 2.05) is 54.6 Å². The molecule has 1 atom stereocenters. The van der Waals surface area contributed by atoms with E-state index < -0.39 is 6.10 Å². The zero-order chi connectivity index (χ0) is 15.2. The first kappa shape index (κ1) is 15.7. The van der Waals surface area contributed by atoms with E-state index >= 15 is 0 Å². The number of carbonyl (C=O) groups is 1. The Hall–Kier alpha value is -1.65. The van der Waals surface area contributed by atoms with Crippen LogP contribution in [-0.2, 0) is 16.1 Å². The number of likely N-dealkylation sites (N-methyl/N-ethyl adjacent to an activating group) is 1. The summed E-state index contributed by atoms with van der Waals surface area (Å²) in [5.74, 6) is -0.0522. The van der Waals surface area contributed by atoms with Crippen molar-refractivity contribution in [3.05, 3.63) is 70.2 Å². The van der Waals surface area contributed by atoms with E-state index in [0.29, 0.717) is 6.54 Å².